The lowest BCUT2D eigenvalue weighted by Gasteiger charge is -2.34. The molecule has 1 aliphatic heterocycles. The third-order valence-electron chi connectivity index (χ3n) is 3.44. The molecule has 94 valence electrons. The zero-order valence-corrected chi connectivity index (χ0v) is 12.4. The molecule has 2 rings (SSSR count). The van der Waals surface area contributed by atoms with E-state index in [1.165, 1.54) is 16.9 Å². The molecule has 0 radical (unpaired) electrons. The summed E-state index contributed by atoms with van der Waals surface area (Å²) < 4.78 is 0. The summed E-state index contributed by atoms with van der Waals surface area (Å²) in [5.41, 5.74) is 8.97. The molecule has 2 N–H and O–H groups in total. The topological polar surface area (TPSA) is 26.0 Å². The number of benzene rings is 1. The second kappa shape index (κ2) is 5.68. The molecule has 1 heterocycles. The Hall–Kier alpha value is -0.120. The van der Waals surface area contributed by atoms with Crippen molar-refractivity contribution in [2.75, 3.05) is 5.75 Å². The van der Waals surface area contributed by atoms with E-state index in [9.17, 15) is 0 Å². The lowest BCUT2D eigenvalue weighted by atomic mass is 10.0. The normalized spacial score (nSPS) is 31.2. The van der Waals surface area contributed by atoms with E-state index < -0.39 is 0 Å². The summed E-state index contributed by atoms with van der Waals surface area (Å²) in [7, 11) is 0. The molecule has 1 aliphatic rings. The predicted molar refractivity (Wildman–Crippen MR) is 80.9 cm³/mol. The molecule has 1 aromatic carbocycles. The fourth-order valence-corrected chi connectivity index (χ4v) is 5.05. The first-order valence-corrected chi connectivity index (χ1v) is 8.16. The lowest BCUT2D eigenvalue weighted by Crippen LogP contribution is -2.34. The summed E-state index contributed by atoms with van der Waals surface area (Å²) in [4.78, 5) is 0. The van der Waals surface area contributed by atoms with Gasteiger partial charge in [0, 0.05) is 27.5 Å². The maximum absolute atomic E-state index is 6.39. The molecule has 3 heteroatoms. The van der Waals surface area contributed by atoms with Crippen molar-refractivity contribution in [1.29, 1.82) is 0 Å². The van der Waals surface area contributed by atoms with Gasteiger partial charge in [-0.3, -0.25) is 0 Å². The van der Waals surface area contributed by atoms with E-state index in [4.69, 9.17) is 5.73 Å². The fraction of sp³-hybridized carbons (Fsp3) is 0.571. The summed E-state index contributed by atoms with van der Waals surface area (Å²) in [5.74, 6) is 1.17. The Morgan fingerprint density at radius 1 is 1.18 bits per heavy atom. The van der Waals surface area contributed by atoms with Crippen LogP contribution in [0.25, 0.3) is 0 Å². The quantitative estimate of drug-likeness (QED) is 0.886. The molecule has 0 spiro atoms. The van der Waals surface area contributed by atoms with Crippen LogP contribution in [-0.4, -0.2) is 21.5 Å². The van der Waals surface area contributed by atoms with Gasteiger partial charge in [0.05, 0.1) is 0 Å². The first-order chi connectivity index (χ1) is 8.08. The van der Waals surface area contributed by atoms with Crippen molar-refractivity contribution in [3.63, 3.8) is 0 Å². The molecule has 0 saturated carbocycles. The van der Waals surface area contributed by atoms with Crippen LogP contribution in [0.2, 0.25) is 0 Å². The molecule has 0 bridgehead atoms. The highest BCUT2D eigenvalue weighted by Gasteiger charge is 2.30. The van der Waals surface area contributed by atoms with Gasteiger partial charge in [-0.15, -0.1) is 0 Å². The van der Waals surface area contributed by atoms with Crippen molar-refractivity contribution in [3.8, 4) is 0 Å². The maximum atomic E-state index is 6.39. The third-order valence-corrected chi connectivity index (χ3v) is 6.95. The molecule has 0 aromatic heterocycles. The Labute approximate surface area is 113 Å². The van der Waals surface area contributed by atoms with Crippen LogP contribution >= 0.6 is 23.5 Å². The standard InChI is InChI=1S/C14H21NS2/c1-9-4-6-12(7-5-9)14(15)13-8-16-10(2)11(3)17-13/h4-7,10-11,13-14H,8,15H2,1-3H3. The van der Waals surface area contributed by atoms with Crippen LogP contribution < -0.4 is 5.73 Å². The number of hydrogen-bond acceptors (Lipinski definition) is 3. The van der Waals surface area contributed by atoms with Crippen LogP contribution in [0.4, 0.5) is 0 Å². The fourth-order valence-electron chi connectivity index (χ4n) is 2.00. The predicted octanol–water partition coefficient (Wildman–Crippen LogP) is 3.62. The Bertz CT molecular complexity index is 363. The molecule has 17 heavy (non-hydrogen) atoms. The Morgan fingerprint density at radius 2 is 1.82 bits per heavy atom. The second-order valence-electron chi connectivity index (χ2n) is 4.85. The summed E-state index contributed by atoms with van der Waals surface area (Å²) in [6.07, 6.45) is 0. The minimum atomic E-state index is 0.169. The number of thioether (sulfide) groups is 2. The van der Waals surface area contributed by atoms with E-state index in [0.29, 0.717) is 10.5 Å². The summed E-state index contributed by atoms with van der Waals surface area (Å²) in [6, 6.07) is 8.83. The highest BCUT2D eigenvalue weighted by Crippen LogP contribution is 2.40. The van der Waals surface area contributed by atoms with Crippen LogP contribution in [0, 0.1) is 6.92 Å². The van der Waals surface area contributed by atoms with Crippen molar-refractivity contribution in [3.05, 3.63) is 35.4 Å². The Kier molecular flexibility index (Phi) is 4.45. The second-order valence-corrected chi connectivity index (χ2v) is 7.89. The summed E-state index contributed by atoms with van der Waals surface area (Å²) in [6.45, 7) is 6.75. The molecule has 0 amide bonds. The molecule has 1 fully saturated rings. The highest BCUT2D eigenvalue weighted by molar-refractivity contribution is 8.07. The van der Waals surface area contributed by atoms with Crippen LogP contribution in [0.1, 0.15) is 31.0 Å². The number of aryl methyl sites for hydroxylation is 1. The molecule has 1 saturated heterocycles. The third kappa shape index (κ3) is 3.21. The Balaban J connectivity index is 2.05. The van der Waals surface area contributed by atoms with Gasteiger partial charge in [0.25, 0.3) is 0 Å². The highest BCUT2D eigenvalue weighted by atomic mass is 32.2. The van der Waals surface area contributed by atoms with E-state index in [2.05, 4.69) is 68.6 Å². The number of hydrogen-bond donors (Lipinski definition) is 1. The van der Waals surface area contributed by atoms with Gasteiger partial charge in [-0.25, -0.2) is 0 Å². The van der Waals surface area contributed by atoms with Gasteiger partial charge >= 0.3 is 0 Å². The van der Waals surface area contributed by atoms with E-state index >= 15 is 0 Å². The summed E-state index contributed by atoms with van der Waals surface area (Å²) in [5, 5.41) is 2.01. The van der Waals surface area contributed by atoms with Gasteiger partial charge in [0.2, 0.25) is 0 Å². The van der Waals surface area contributed by atoms with Gasteiger partial charge in [0.15, 0.2) is 0 Å². The zero-order valence-electron chi connectivity index (χ0n) is 10.7. The molecular weight excluding hydrogens is 246 g/mol. The van der Waals surface area contributed by atoms with Gasteiger partial charge < -0.3 is 5.73 Å². The van der Waals surface area contributed by atoms with E-state index in [1.54, 1.807) is 0 Å². The van der Waals surface area contributed by atoms with Gasteiger partial charge in [-0.2, -0.15) is 23.5 Å². The van der Waals surface area contributed by atoms with Crippen molar-refractivity contribution < 1.29 is 0 Å². The monoisotopic (exact) mass is 267 g/mol. The number of nitrogens with two attached hydrogens (primary N) is 1. The molecule has 1 aromatic rings. The van der Waals surface area contributed by atoms with Gasteiger partial charge in [-0.05, 0) is 12.5 Å². The van der Waals surface area contributed by atoms with Crippen LogP contribution in [0.3, 0.4) is 0 Å². The van der Waals surface area contributed by atoms with Crippen LogP contribution in [0.15, 0.2) is 24.3 Å². The van der Waals surface area contributed by atoms with Crippen molar-refractivity contribution >= 4 is 23.5 Å². The number of rotatable bonds is 2. The Morgan fingerprint density at radius 3 is 2.41 bits per heavy atom. The van der Waals surface area contributed by atoms with Gasteiger partial charge in [0.1, 0.15) is 0 Å². The minimum absolute atomic E-state index is 0.169. The van der Waals surface area contributed by atoms with Gasteiger partial charge in [-0.1, -0.05) is 43.7 Å². The maximum Gasteiger partial charge on any atom is 0.0423 e. The largest absolute Gasteiger partial charge is 0.323 e. The van der Waals surface area contributed by atoms with Crippen molar-refractivity contribution in [2.24, 2.45) is 5.73 Å². The molecule has 1 nitrogen and oxygen atoms in total. The zero-order chi connectivity index (χ0) is 12.4. The minimum Gasteiger partial charge on any atom is -0.323 e. The average Bonchev–Trinajstić information content (AvgIpc) is 2.33. The summed E-state index contributed by atoms with van der Waals surface area (Å²) >= 11 is 4.12. The van der Waals surface area contributed by atoms with Crippen molar-refractivity contribution in [2.45, 2.75) is 42.6 Å². The first-order valence-electron chi connectivity index (χ1n) is 6.17. The average molecular weight is 267 g/mol. The first kappa shape index (κ1) is 13.3. The molecule has 4 unspecified atom stereocenters. The van der Waals surface area contributed by atoms with E-state index in [-0.39, 0.29) is 6.04 Å². The molecule has 0 aliphatic carbocycles. The van der Waals surface area contributed by atoms with E-state index in [0.717, 1.165) is 5.25 Å². The molecular formula is C14H21NS2. The molecule has 4 atom stereocenters. The SMILES string of the molecule is Cc1ccc(C(N)C2CSC(C)C(C)S2)cc1. The van der Waals surface area contributed by atoms with Crippen LogP contribution in [-0.2, 0) is 0 Å². The van der Waals surface area contributed by atoms with Crippen molar-refractivity contribution in [1.82, 2.24) is 0 Å². The van der Waals surface area contributed by atoms with E-state index in [1.807, 2.05) is 0 Å². The van der Waals surface area contributed by atoms with Crippen LogP contribution in [0.5, 0.6) is 0 Å². The smallest absolute Gasteiger partial charge is 0.0423 e. The lowest BCUT2D eigenvalue weighted by molar-refractivity contribution is 0.707.